The minimum absolute atomic E-state index is 0.0289. The summed E-state index contributed by atoms with van der Waals surface area (Å²) < 4.78 is 0. The number of nitriles is 1. The fourth-order valence-electron chi connectivity index (χ4n) is 1.81. The molecule has 2 aromatic rings. The van der Waals surface area contributed by atoms with Crippen LogP contribution in [0, 0.1) is 35.3 Å². The van der Waals surface area contributed by atoms with Crippen LogP contribution in [0.3, 0.4) is 0 Å². The van der Waals surface area contributed by atoms with E-state index >= 15 is 0 Å². The maximum absolute atomic E-state index is 10.9. The van der Waals surface area contributed by atoms with E-state index in [1.54, 1.807) is 31.3 Å². The molecule has 0 atom stereocenters. The molecule has 1 aromatic heterocycles. The van der Waals surface area contributed by atoms with Crippen LogP contribution in [-0.2, 0) is 0 Å². The van der Waals surface area contributed by atoms with Crippen LogP contribution >= 0.6 is 0 Å². The van der Waals surface area contributed by atoms with Crippen LogP contribution in [0.1, 0.15) is 16.7 Å². The monoisotopic (exact) mass is 268 g/mol. The van der Waals surface area contributed by atoms with Crippen molar-refractivity contribution in [1.29, 1.82) is 5.26 Å². The van der Waals surface area contributed by atoms with Gasteiger partial charge in [-0.1, -0.05) is 6.07 Å². The van der Waals surface area contributed by atoms with Crippen molar-refractivity contribution in [2.45, 2.75) is 13.8 Å². The van der Waals surface area contributed by atoms with Crippen molar-refractivity contribution in [3.63, 3.8) is 0 Å². The zero-order valence-electron chi connectivity index (χ0n) is 11.0. The van der Waals surface area contributed by atoms with E-state index < -0.39 is 4.92 Å². The minimum atomic E-state index is -0.435. The van der Waals surface area contributed by atoms with E-state index in [0.29, 0.717) is 22.6 Å². The molecule has 0 aliphatic rings. The molecule has 0 saturated heterocycles. The van der Waals surface area contributed by atoms with E-state index in [-0.39, 0.29) is 5.69 Å². The molecule has 1 heterocycles. The summed E-state index contributed by atoms with van der Waals surface area (Å²) in [5, 5.41) is 23.0. The number of nitrogens with one attached hydrogen (secondary N) is 1. The molecule has 6 nitrogen and oxygen atoms in total. The molecule has 0 amide bonds. The number of hydrogen-bond acceptors (Lipinski definition) is 5. The van der Waals surface area contributed by atoms with Gasteiger partial charge in [-0.2, -0.15) is 5.26 Å². The van der Waals surface area contributed by atoms with Gasteiger partial charge in [0.05, 0.1) is 10.5 Å². The maximum Gasteiger partial charge on any atom is 0.274 e. The predicted octanol–water partition coefficient (Wildman–Crippen LogP) is 3.22. The third-order valence-corrected chi connectivity index (χ3v) is 2.94. The lowest BCUT2D eigenvalue weighted by Gasteiger charge is -2.09. The summed E-state index contributed by atoms with van der Waals surface area (Å²) in [6, 6.07) is 8.61. The molecule has 100 valence electrons. The Balaban J connectivity index is 2.41. The Morgan fingerprint density at radius 3 is 2.70 bits per heavy atom. The van der Waals surface area contributed by atoms with Gasteiger partial charge in [0, 0.05) is 23.5 Å². The molecule has 20 heavy (non-hydrogen) atoms. The van der Waals surface area contributed by atoms with Crippen molar-refractivity contribution in [2.24, 2.45) is 0 Å². The van der Waals surface area contributed by atoms with E-state index in [4.69, 9.17) is 5.26 Å². The Hall–Kier alpha value is -2.94. The van der Waals surface area contributed by atoms with Crippen LogP contribution in [-0.4, -0.2) is 9.91 Å². The van der Waals surface area contributed by atoms with Crippen LogP contribution in [0.5, 0.6) is 0 Å². The van der Waals surface area contributed by atoms with Crippen LogP contribution in [0.2, 0.25) is 0 Å². The summed E-state index contributed by atoms with van der Waals surface area (Å²) in [5.41, 5.74) is 2.36. The number of anilines is 2. The normalized spacial score (nSPS) is 9.85. The number of hydrogen-bond donors (Lipinski definition) is 1. The quantitative estimate of drug-likeness (QED) is 0.681. The molecule has 0 aliphatic carbocycles. The van der Waals surface area contributed by atoms with Crippen LogP contribution in [0.25, 0.3) is 0 Å². The average Bonchev–Trinajstić information content (AvgIpc) is 2.41. The highest BCUT2D eigenvalue weighted by Crippen LogP contribution is 2.26. The Labute approximate surface area is 115 Å². The summed E-state index contributed by atoms with van der Waals surface area (Å²) in [7, 11) is 0. The number of nitro groups is 1. The lowest BCUT2D eigenvalue weighted by molar-refractivity contribution is -0.385. The van der Waals surface area contributed by atoms with Crippen molar-refractivity contribution < 1.29 is 4.92 Å². The second-order valence-electron chi connectivity index (χ2n) is 4.35. The maximum atomic E-state index is 10.9. The van der Waals surface area contributed by atoms with Crippen molar-refractivity contribution >= 4 is 17.2 Å². The lowest BCUT2D eigenvalue weighted by Crippen LogP contribution is -2.00. The summed E-state index contributed by atoms with van der Waals surface area (Å²) in [6.45, 7) is 3.48. The second-order valence-corrected chi connectivity index (χ2v) is 4.35. The number of aryl methyl sites for hydroxylation is 2. The first-order chi connectivity index (χ1) is 9.52. The van der Waals surface area contributed by atoms with E-state index in [2.05, 4.69) is 16.4 Å². The molecule has 0 bridgehead atoms. The van der Waals surface area contributed by atoms with E-state index in [0.717, 1.165) is 5.56 Å². The highest BCUT2D eigenvalue weighted by atomic mass is 16.6. The molecule has 0 spiro atoms. The fraction of sp³-hybridized carbons (Fsp3) is 0.143. The first-order valence-electron chi connectivity index (χ1n) is 5.90. The topological polar surface area (TPSA) is 91.8 Å². The van der Waals surface area contributed by atoms with Gasteiger partial charge < -0.3 is 5.32 Å². The predicted molar refractivity (Wildman–Crippen MR) is 74.8 cm³/mol. The van der Waals surface area contributed by atoms with Gasteiger partial charge in [0.15, 0.2) is 0 Å². The molecule has 0 aliphatic heterocycles. The third-order valence-electron chi connectivity index (χ3n) is 2.94. The molecule has 0 saturated carbocycles. The van der Waals surface area contributed by atoms with Crippen molar-refractivity contribution in [1.82, 2.24) is 4.98 Å². The van der Waals surface area contributed by atoms with Crippen molar-refractivity contribution in [3.05, 3.63) is 57.3 Å². The number of aromatic nitrogens is 1. The van der Waals surface area contributed by atoms with Gasteiger partial charge in [0.2, 0.25) is 0 Å². The zero-order valence-corrected chi connectivity index (χ0v) is 11.0. The van der Waals surface area contributed by atoms with E-state index in [9.17, 15) is 10.1 Å². The van der Waals surface area contributed by atoms with Crippen molar-refractivity contribution in [2.75, 3.05) is 5.32 Å². The largest absolute Gasteiger partial charge is 0.339 e. The van der Waals surface area contributed by atoms with Gasteiger partial charge in [-0.05, 0) is 31.5 Å². The molecule has 2 rings (SSSR count). The summed E-state index contributed by atoms with van der Waals surface area (Å²) >= 11 is 0. The standard InChI is InChI=1S/C14H12N4O2/c1-9-5-6-16-14(12(9)8-15)17-11-4-3-10(2)13(7-11)18(19)20/h3-7H,1-2H3,(H,16,17). The molecule has 0 unspecified atom stereocenters. The summed E-state index contributed by atoms with van der Waals surface area (Å²) in [5.74, 6) is 0.394. The summed E-state index contributed by atoms with van der Waals surface area (Å²) in [4.78, 5) is 14.6. The van der Waals surface area contributed by atoms with E-state index in [1.807, 2.05) is 6.92 Å². The SMILES string of the molecule is Cc1ccc(Nc2nccc(C)c2C#N)cc1[N+](=O)[O-]. The number of benzene rings is 1. The molecular weight excluding hydrogens is 256 g/mol. The Kier molecular flexibility index (Phi) is 3.62. The van der Waals surface area contributed by atoms with Crippen LogP contribution in [0.4, 0.5) is 17.2 Å². The van der Waals surface area contributed by atoms with Crippen LogP contribution < -0.4 is 5.32 Å². The zero-order chi connectivity index (χ0) is 14.7. The number of nitro benzene ring substituents is 1. The Bertz CT molecular complexity index is 720. The number of rotatable bonds is 3. The Morgan fingerprint density at radius 1 is 1.30 bits per heavy atom. The smallest absolute Gasteiger partial charge is 0.274 e. The molecule has 6 heteroatoms. The van der Waals surface area contributed by atoms with Crippen LogP contribution in [0.15, 0.2) is 30.5 Å². The Morgan fingerprint density at radius 2 is 2.05 bits per heavy atom. The second kappa shape index (κ2) is 5.36. The molecule has 0 radical (unpaired) electrons. The van der Waals surface area contributed by atoms with Gasteiger partial charge in [0.25, 0.3) is 5.69 Å². The lowest BCUT2D eigenvalue weighted by atomic mass is 10.1. The van der Waals surface area contributed by atoms with Gasteiger partial charge in [-0.25, -0.2) is 4.98 Å². The van der Waals surface area contributed by atoms with Gasteiger partial charge >= 0.3 is 0 Å². The highest BCUT2D eigenvalue weighted by molar-refractivity contribution is 5.66. The first-order valence-corrected chi connectivity index (χ1v) is 5.90. The van der Waals surface area contributed by atoms with E-state index in [1.165, 1.54) is 6.07 Å². The fourth-order valence-corrected chi connectivity index (χ4v) is 1.81. The molecular formula is C14H12N4O2. The average molecular weight is 268 g/mol. The van der Waals surface area contributed by atoms with Crippen molar-refractivity contribution in [3.8, 4) is 6.07 Å². The number of nitrogens with zero attached hydrogens (tertiary/aromatic N) is 3. The molecule has 1 aromatic carbocycles. The van der Waals surface area contributed by atoms with Gasteiger partial charge in [0.1, 0.15) is 11.9 Å². The van der Waals surface area contributed by atoms with Gasteiger partial charge in [-0.15, -0.1) is 0 Å². The van der Waals surface area contributed by atoms with Gasteiger partial charge in [-0.3, -0.25) is 10.1 Å². The third kappa shape index (κ3) is 2.57. The highest BCUT2D eigenvalue weighted by Gasteiger charge is 2.12. The number of pyridine rings is 1. The first kappa shape index (κ1) is 13.5. The molecule has 0 fully saturated rings. The summed E-state index contributed by atoms with van der Waals surface area (Å²) in [6.07, 6.45) is 1.58. The molecule has 1 N–H and O–H groups in total. The minimum Gasteiger partial charge on any atom is -0.339 e.